The summed E-state index contributed by atoms with van der Waals surface area (Å²) >= 11 is 0. The van der Waals surface area contributed by atoms with Crippen molar-refractivity contribution in [3.8, 4) is 0 Å². The summed E-state index contributed by atoms with van der Waals surface area (Å²) in [4.78, 5) is 9.83. The summed E-state index contributed by atoms with van der Waals surface area (Å²) in [6.45, 7) is 12.0. The topological polar surface area (TPSA) is 17.1 Å². The van der Waals surface area contributed by atoms with Gasteiger partial charge in [0.05, 0.1) is 0 Å². The number of unbranched alkanes of at least 4 members (excludes halogenated alkanes) is 2. The molecule has 116 valence electrons. The van der Waals surface area contributed by atoms with E-state index in [1.54, 1.807) is 5.57 Å². The van der Waals surface area contributed by atoms with Gasteiger partial charge in [-0.15, -0.1) is 6.58 Å². The van der Waals surface area contributed by atoms with Crippen molar-refractivity contribution < 1.29 is 4.79 Å². The van der Waals surface area contributed by atoms with E-state index < -0.39 is 0 Å². The highest BCUT2D eigenvalue weighted by Crippen LogP contribution is 2.15. The Morgan fingerprint density at radius 1 is 1.35 bits per heavy atom. The van der Waals surface area contributed by atoms with Crippen molar-refractivity contribution in [2.45, 2.75) is 79.1 Å². The van der Waals surface area contributed by atoms with Crippen molar-refractivity contribution in [1.82, 2.24) is 0 Å². The lowest BCUT2D eigenvalue weighted by Gasteiger charge is -2.05. The first-order valence-electron chi connectivity index (χ1n) is 8.13. The molecular weight excluding hydrogens is 244 g/mol. The molecule has 0 saturated carbocycles. The largest absolute Gasteiger partial charge is 0.303 e. The number of carbonyl (C=O) groups is 1. The number of carbonyl (C=O) groups excluding carboxylic acids is 1. The number of allylic oxidation sites excluding steroid dienone is 5. The van der Waals surface area contributed by atoms with Crippen molar-refractivity contribution in [1.29, 1.82) is 0 Å². The van der Waals surface area contributed by atoms with Gasteiger partial charge in [-0.05, 0) is 45.4 Å². The number of aldehydes is 1. The fraction of sp³-hybridized carbons (Fsp3) is 0.632. The molecule has 0 aliphatic heterocycles. The minimum Gasteiger partial charge on any atom is -0.303 e. The number of hydrogen-bond acceptors (Lipinski definition) is 1. The fourth-order valence-corrected chi connectivity index (χ4v) is 1.84. The fourth-order valence-electron chi connectivity index (χ4n) is 1.84. The van der Waals surface area contributed by atoms with Gasteiger partial charge in [0, 0.05) is 6.42 Å². The van der Waals surface area contributed by atoms with Crippen LogP contribution in [0.1, 0.15) is 79.1 Å². The monoisotopic (exact) mass is 278 g/mol. The van der Waals surface area contributed by atoms with E-state index in [0.29, 0.717) is 6.42 Å². The van der Waals surface area contributed by atoms with Gasteiger partial charge in [-0.1, -0.05) is 56.6 Å². The van der Waals surface area contributed by atoms with Crippen molar-refractivity contribution in [3.63, 3.8) is 0 Å². The van der Waals surface area contributed by atoms with Crippen LogP contribution in [0, 0.1) is 0 Å². The Labute approximate surface area is 126 Å². The first kappa shape index (κ1) is 21.2. The van der Waals surface area contributed by atoms with E-state index in [1.807, 2.05) is 20.8 Å². The lowest BCUT2D eigenvalue weighted by molar-refractivity contribution is -0.107. The highest BCUT2D eigenvalue weighted by Gasteiger charge is 1.95. The van der Waals surface area contributed by atoms with Gasteiger partial charge in [0.1, 0.15) is 6.29 Å². The zero-order chi connectivity index (χ0) is 15.6. The first-order chi connectivity index (χ1) is 9.70. The van der Waals surface area contributed by atoms with Gasteiger partial charge in [-0.3, -0.25) is 0 Å². The zero-order valence-electron chi connectivity index (χ0n) is 14.1. The molecule has 20 heavy (non-hydrogen) atoms. The first-order valence-corrected chi connectivity index (χ1v) is 8.13. The van der Waals surface area contributed by atoms with Crippen LogP contribution in [0.2, 0.25) is 0 Å². The van der Waals surface area contributed by atoms with Crippen LogP contribution in [0.4, 0.5) is 0 Å². The van der Waals surface area contributed by atoms with Gasteiger partial charge in [0.15, 0.2) is 0 Å². The van der Waals surface area contributed by atoms with Crippen LogP contribution < -0.4 is 0 Å². The Balaban J connectivity index is 0. The third-order valence-corrected chi connectivity index (χ3v) is 2.85. The second-order valence-electron chi connectivity index (χ2n) is 4.91. The minimum absolute atomic E-state index is 0.702. The smallest absolute Gasteiger partial charge is 0.119 e. The normalized spacial score (nSPS) is 12.3. The Bertz CT molecular complexity index is 284. The summed E-state index contributed by atoms with van der Waals surface area (Å²) in [6.07, 6.45) is 16.7. The van der Waals surface area contributed by atoms with Crippen LogP contribution >= 0.6 is 0 Å². The molecular formula is C19H34O. The molecule has 0 heterocycles. The number of rotatable bonds is 7. The van der Waals surface area contributed by atoms with Crippen LogP contribution in [0.25, 0.3) is 0 Å². The standard InChI is InChI=1S/C9H14.C8H14O.C2H6/c1-2-6-9-7-4-3-5-8-9;1-8(2)6-4-3-5-7-9;1-2/h3-4,7H,2,5-6,8H2,1H3;7H,1,3-6H2,2H3;1-2H3. The molecule has 1 rings (SSSR count). The van der Waals surface area contributed by atoms with E-state index in [0.717, 1.165) is 25.5 Å². The molecule has 1 aliphatic carbocycles. The van der Waals surface area contributed by atoms with E-state index in [-0.39, 0.29) is 0 Å². The molecule has 0 radical (unpaired) electrons. The Kier molecular flexibility index (Phi) is 19.0. The highest BCUT2D eigenvalue weighted by molar-refractivity contribution is 5.48. The molecule has 0 amide bonds. The second kappa shape index (κ2) is 17.9. The number of hydrogen-bond donors (Lipinski definition) is 0. The van der Waals surface area contributed by atoms with Crippen molar-refractivity contribution in [2.75, 3.05) is 0 Å². The lowest BCUT2D eigenvalue weighted by Crippen LogP contribution is -1.85. The summed E-state index contributed by atoms with van der Waals surface area (Å²) in [5.41, 5.74) is 2.83. The summed E-state index contributed by atoms with van der Waals surface area (Å²) in [7, 11) is 0. The molecule has 1 nitrogen and oxygen atoms in total. The third kappa shape index (κ3) is 16.9. The van der Waals surface area contributed by atoms with Gasteiger partial charge in [-0.2, -0.15) is 0 Å². The van der Waals surface area contributed by atoms with E-state index in [4.69, 9.17) is 0 Å². The van der Waals surface area contributed by atoms with Gasteiger partial charge in [0.2, 0.25) is 0 Å². The van der Waals surface area contributed by atoms with Gasteiger partial charge in [0.25, 0.3) is 0 Å². The molecule has 0 aromatic carbocycles. The summed E-state index contributed by atoms with van der Waals surface area (Å²) in [5, 5.41) is 0. The van der Waals surface area contributed by atoms with E-state index in [9.17, 15) is 4.79 Å². The van der Waals surface area contributed by atoms with Crippen molar-refractivity contribution >= 4 is 6.29 Å². The molecule has 0 fully saturated rings. The molecule has 0 N–H and O–H groups in total. The Morgan fingerprint density at radius 2 is 2.05 bits per heavy atom. The predicted molar refractivity (Wildman–Crippen MR) is 92.1 cm³/mol. The molecule has 0 saturated heterocycles. The summed E-state index contributed by atoms with van der Waals surface area (Å²) < 4.78 is 0. The van der Waals surface area contributed by atoms with E-state index in [1.165, 1.54) is 31.3 Å². The van der Waals surface area contributed by atoms with Crippen LogP contribution in [0.5, 0.6) is 0 Å². The highest BCUT2D eigenvalue weighted by atomic mass is 16.1. The molecule has 1 aliphatic rings. The van der Waals surface area contributed by atoms with Crippen LogP contribution in [0.3, 0.4) is 0 Å². The third-order valence-electron chi connectivity index (χ3n) is 2.85. The molecule has 0 aromatic heterocycles. The van der Waals surface area contributed by atoms with Crippen molar-refractivity contribution in [2.24, 2.45) is 0 Å². The van der Waals surface area contributed by atoms with E-state index in [2.05, 4.69) is 31.7 Å². The van der Waals surface area contributed by atoms with Crippen LogP contribution in [-0.4, -0.2) is 6.29 Å². The summed E-state index contributed by atoms with van der Waals surface area (Å²) in [5.74, 6) is 0. The maximum absolute atomic E-state index is 9.83. The molecule has 0 bridgehead atoms. The lowest BCUT2D eigenvalue weighted by atomic mass is 10.0. The average molecular weight is 278 g/mol. The molecule has 1 heteroatoms. The zero-order valence-corrected chi connectivity index (χ0v) is 14.1. The molecule has 0 unspecified atom stereocenters. The Hall–Kier alpha value is -1.11. The van der Waals surface area contributed by atoms with Crippen molar-refractivity contribution in [3.05, 3.63) is 36.0 Å². The van der Waals surface area contributed by atoms with E-state index >= 15 is 0 Å². The molecule has 0 aromatic rings. The van der Waals surface area contributed by atoms with Crippen LogP contribution in [0.15, 0.2) is 36.0 Å². The maximum Gasteiger partial charge on any atom is 0.119 e. The molecule has 0 spiro atoms. The maximum atomic E-state index is 9.83. The predicted octanol–water partition coefficient (Wildman–Crippen LogP) is 6.41. The quantitative estimate of drug-likeness (QED) is 0.299. The Morgan fingerprint density at radius 3 is 2.50 bits per heavy atom. The SMILES string of the molecule is C=C(C)CCCCC=O.CC.CCCC1=CC=CCC1. The average Bonchev–Trinajstić information content (AvgIpc) is 2.48. The second-order valence-corrected chi connectivity index (χ2v) is 4.91. The van der Waals surface area contributed by atoms with Gasteiger partial charge in [-0.25, -0.2) is 0 Å². The van der Waals surface area contributed by atoms with Gasteiger partial charge < -0.3 is 4.79 Å². The van der Waals surface area contributed by atoms with Crippen LogP contribution in [-0.2, 0) is 4.79 Å². The summed E-state index contributed by atoms with van der Waals surface area (Å²) in [6, 6.07) is 0. The van der Waals surface area contributed by atoms with Gasteiger partial charge >= 0.3 is 0 Å². The minimum atomic E-state index is 0.702. The molecule has 0 atom stereocenters.